The van der Waals surface area contributed by atoms with E-state index in [1.807, 2.05) is 25.1 Å². The van der Waals surface area contributed by atoms with Gasteiger partial charge in [-0.3, -0.25) is 4.79 Å². The molecule has 3 N–H and O–H groups in total. The molecule has 8 heteroatoms. The number of anilines is 1. The molecule has 6 nitrogen and oxygen atoms in total. The van der Waals surface area contributed by atoms with Crippen molar-refractivity contribution in [1.82, 2.24) is 4.98 Å². The number of amides is 1. The highest BCUT2D eigenvalue weighted by molar-refractivity contribution is 7.22. The normalized spacial score (nSPS) is 16.6. The van der Waals surface area contributed by atoms with E-state index in [4.69, 9.17) is 15.2 Å². The van der Waals surface area contributed by atoms with Gasteiger partial charge in [0.15, 0.2) is 5.13 Å². The second-order valence-electron chi connectivity index (χ2n) is 5.30. The maximum atomic E-state index is 12.4. The maximum Gasteiger partial charge on any atom is 0.246 e. The molecule has 0 saturated carbocycles. The monoisotopic (exact) mass is 357 g/mol. The Morgan fingerprint density at radius 1 is 1.48 bits per heavy atom. The van der Waals surface area contributed by atoms with E-state index in [-0.39, 0.29) is 18.3 Å². The fraction of sp³-hybridized carbons (Fsp3) is 0.467. The van der Waals surface area contributed by atoms with Crippen LogP contribution in [0.3, 0.4) is 0 Å². The number of hydrogen-bond acceptors (Lipinski definition) is 6. The first-order valence-corrected chi connectivity index (χ1v) is 8.14. The molecule has 0 aliphatic carbocycles. The van der Waals surface area contributed by atoms with Crippen LogP contribution in [0.5, 0.6) is 5.75 Å². The van der Waals surface area contributed by atoms with Gasteiger partial charge in [-0.05, 0) is 38.0 Å². The van der Waals surface area contributed by atoms with E-state index in [2.05, 4.69) is 10.3 Å². The van der Waals surface area contributed by atoms with Crippen LogP contribution in [0.25, 0.3) is 10.2 Å². The quantitative estimate of drug-likeness (QED) is 0.878. The summed E-state index contributed by atoms with van der Waals surface area (Å²) in [4.78, 5) is 16.8. The molecule has 1 fully saturated rings. The highest BCUT2D eigenvalue weighted by Gasteiger charge is 2.36. The first kappa shape index (κ1) is 17.9. The minimum Gasteiger partial charge on any atom is -0.494 e. The van der Waals surface area contributed by atoms with E-state index in [0.717, 1.165) is 16.0 Å². The van der Waals surface area contributed by atoms with Crippen molar-refractivity contribution in [3.8, 4) is 5.75 Å². The van der Waals surface area contributed by atoms with Crippen molar-refractivity contribution in [1.29, 1.82) is 0 Å². The van der Waals surface area contributed by atoms with Crippen LogP contribution in [-0.4, -0.2) is 36.3 Å². The van der Waals surface area contributed by atoms with E-state index in [1.165, 1.54) is 11.3 Å². The summed E-state index contributed by atoms with van der Waals surface area (Å²) >= 11 is 1.42. The van der Waals surface area contributed by atoms with Crippen molar-refractivity contribution in [2.45, 2.75) is 25.3 Å². The summed E-state index contributed by atoms with van der Waals surface area (Å²) in [6.45, 7) is 3.59. The van der Waals surface area contributed by atoms with Gasteiger partial charge >= 0.3 is 0 Å². The molecule has 0 atom stereocenters. The van der Waals surface area contributed by atoms with Crippen LogP contribution in [0.1, 0.15) is 19.8 Å². The maximum absolute atomic E-state index is 12.4. The van der Waals surface area contributed by atoms with Crippen molar-refractivity contribution in [3.63, 3.8) is 0 Å². The molecule has 1 amide bonds. The van der Waals surface area contributed by atoms with Gasteiger partial charge in [0, 0.05) is 13.2 Å². The summed E-state index contributed by atoms with van der Waals surface area (Å²) in [6.07, 6.45) is 1.05. The number of hydrogen-bond donors (Lipinski definition) is 2. The molecule has 0 unspecified atom stereocenters. The van der Waals surface area contributed by atoms with Crippen molar-refractivity contribution in [2.24, 2.45) is 5.73 Å². The molecular formula is C15H20ClN3O3S. The Morgan fingerprint density at radius 2 is 2.22 bits per heavy atom. The SMILES string of the molecule is CCOc1ccc2nc(NC(=O)C3(N)CCOCC3)sc2c1.Cl. The van der Waals surface area contributed by atoms with Crippen molar-refractivity contribution in [2.75, 3.05) is 25.1 Å². The highest BCUT2D eigenvalue weighted by atomic mass is 35.5. The number of nitrogens with one attached hydrogen (secondary N) is 1. The van der Waals surface area contributed by atoms with Crippen LogP contribution < -0.4 is 15.8 Å². The van der Waals surface area contributed by atoms with Crippen molar-refractivity contribution < 1.29 is 14.3 Å². The zero-order chi connectivity index (χ0) is 15.6. The Balaban J connectivity index is 0.00000192. The van der Waals surface area contributed by atoms with Crippen LogP contribution >= 0.6 is 23.7 Å². The van der Waals surface area contributed by atoms with Crippen LogP contribution in [-0.2, 0) is 9.53 Å². The van der Waals surface area contributed by atoms with Gasteiger partial charge in [0.2, 0.25) is 5.91 Å². The smallest absolute Gasteiger partial charge is 0.246 e. The molecule has 1 saturated heterocycles. The summed E-state index contributed by atoms with van der Waals surface area (Å²) < 4.78 is 11.7. The van der Waals surface area contributed by atoms with Gasteiger partial charge in [-0.2, -0.15) is 0 Å². The number of fused-ring (bicyclic) bond motifs is 1. The fourth-order valence-electron chi connectivity index (χ4n) is 2.40. The Hall–Kier alpha value is -1.41. The molecule has 0 radical (unpaired) electrons. The molecule has 23 heavy (non-hydrogen) atoms. The third kappa shape index (κ3) is 3.92. The number of aromatic nitrogens is 1. The average Bonchev–Trinajstić information content (AvgIpc) is 2.90. The second kappa shape index (κ2) is 7.44. The van der Waals surface area contributed by atoms with Gasteiger partial charge in [-0.1, -0.05) is 11.3 Å². The minimum absolute atomic E-state index is 0. The summed E-state index contributed by atoms with van der Waals surface area (Å²) in [5, 5.41) is 3.40. The predicted molar refractivity (Wildman–Crippen MR) is 93.6 cm³/mol. The third-order valence-electron chi connectivity index (χ3n) is 3.73. The summed E-state index contributed by atoms with van der Waals surface area (Å²) in [5.74, 6) is 0.608. The molecule has 3 rings (SSSR count). The number of ether oxygens (including phenoxy) is 2. The van der Waals surface area contributed by atoms with E-state index in [0.29, 0.717) is 37.8 Å². The Labute approximate surface area is 144 Å². The molecule has 0 spiro atoms. The third-order valence-corrected chi connectivity index (χ3v) is 4.66. The lowest BCUT2D eigenvalue weighted by Gasteiger charge is -2.31. The summed E-state index contributed by atoms with van der Waals surface area (Å²) in [7, 11) is 0. The lowest BCUT2D eigenvalue weighted by molar-refractivity contribution is -0.124. The van der Waals surface area contributed by atoms with E-state index < -0.39 is 5.54 Å². The number of carbonyl (C=O) groups excluding carboxylic acids is 1. The van der Waals surface area contributed by atoms with E-state index in [9.17, 15) is 4.79 Å². The molecule has 126 valence electrons. The lowest BCUT2D eigenvalue weighted by atomic mass is 9.90. The molecule has 2 aromatic rings. The Kier molecular flexibility index (Phi) is 5.80. The molecule has 1 aliphatic heterocycles. The van der Waals surface area contributed by atoms with Crippen LogP contribution in [0.4, 0.5) is 5.13 Å². The fourth-order valence-corrected chi connectivity index (χ4v) is 3.29. The first-order chi connectivity index (χ1) is 10.6. The number of carbonyl (C=O) groups is 1. The number of rotatable bonds is 4. The van der Waals surface area contributed by atoms with Crippen LogP contribution in [0, 0.1) is 0 Å². The summed E-state index contributed by atoms with van der Waals surface area (Å²) in [5.41, 5.74) is 6.14. The molecule has 2 heterocycles. The van der Waals surface area contributed by atoms with Crippen molar-refractivity contribution >= 4 is 45.0 Å². The first-order valence-electron chi connectivity index (χ1n) is 7.32. The van der Waals surface area contributed by atoms with Gasteiger partial charge in [-0.25, -0.2) is 4.98 Å². The largest absolute Gasteiger partial charge is 0.494 e. The average molecular weight is 358 g/mol. The topological polar surface area (TPSA) is 86.5 Å². The standard InChI is InChI=1S/C15H19N3O3S.ClH/c1-2-21-10-3-4-11-12(9-10)22-14(17-11)18-13(19)15(16)5-7-20-8-6-15;/h3-4,9H,2,5-8,16H2,1H3,(H,17,18,19);1H. The predicted octanol–water partition coefficient (Wildman–Crippen LogP) is 2.56. The lowest BCUT2D eigenvalue weighted by Crippen LogP contribution is -2.54. The molecular weight excluding hydrogens is 338 g/mol. The van der Waals surface area contributed by atoms with Gasteiger partial charge in [0.1, 0.15) is 11.3 Å². The number of halogens is 1. The number of nitrogens with two attached hydrogens (primary N) is 1. The second-order valence-corrected chi connectivity index (χ2v) is 6.33. The van der Waals surface area contributed by atoms with E-state index >= 15 is 0 Å². The Bertz CT molecular complexity index is 686. The van der Waals surface area contributed by atoms with Gasteiger partial charge < -0.3 is 20.5 Å². The number of nitrogens with zero attached hydrogens (tertiary/aromatic N) is 1. The molecule has 1 aliphatic rings. The highest BCUT2D eigenvalue weighted by Crippen LogP contribution is 2.30. The van der Waals surface area contributed by atoms with Gasteiger partial charge in [0.05, 0.1) is 16.8 Å². The van der Waals surface area contributed by atoms with Crippen molar-refractivity contribution in [3.05, 3.63) is 18.2 Å². The summed E-state index contributed by atoms with van der Waals surface area (Å²) in [6, 6.07) is 5.69. The van der Waals surface area contributed by atoms with Gasteiger partial charge in [0.25, 0.3) is 0 Å². The van der Waals surface area contributed by atoms with E-state index in [1.54, 1.807) is 0 Å². The number of thiazole rings is 1. The number of benzene rings is 1. The van der Waals surface area contributed by atoms with Gasteiger partial charge in [-0.15, -0.1) is 12.4 Å². The molecule has 1 aromatic carbocycles. The van der Waals surface area contributed by atoms with Crippen LogP contribution in [0.2, 0.25) is 0 Å². The van der Waals surface area contributed by atoms with Crippen LogP contribution in [0.15, 0.2) is 18.2 Å². The zero-order valence-electron chi connectivity index (χ0n) is 12.8. The minimum atomic E-state index is -0.868. The molecule has 0 bridgehead atoms. The Morgan fingerprint density at radius 3 is 2.91 bits per heavy atom. The zero-order valence-corrected chi connectivity index (χ0v) is 14.5. The molecule has 1 aromatic heterocycles.